The second-order valence-electron chi connectivity index (χ2n) is 4.40. The van der Waals surface area contributed by atoms with Crippen molar-refractivity contribution in [3.05, 3.63) is 12.0 Å². The first-order valence-electron chi connectivity index (χ1n) is 4.82. The number of hydrogen-bond donors (Lipinski definition) is 2. The lowest BCUT2D eigenvalue weighted by molar-refractivity contribution is 0.490. The fourth-order valence-electron chi connectivity index (χ4n) is 1.12. The molecular weight excluding hydrogens is 214 g/mol. The zero-order valence-electron chi connectivity index (χ0n) is 9.46. The highest BCUT2D eigenvalue weighted by Gasteiger charge is 2.23. The summed E-state index contributed by atoms with van der Waals surface area (Å²) in [6, 6.07) is 0. The minimum absolute atomic E-state index is 0.120. The van der Waals surface area contributed by atoms with E-state index in [1.807, 2.05) is 6.92 Å². The molecule has 15 heavy (non-hydrogen) atoms. The number of nitrogens with one attached hydrogen (secondary N) is 2. The quantitative estimate of drug-likeness (QED) is 0.816. The van der Waals surface area contributed by atoms with Crippen LogP contribution in [0, 0.1) is 0 Å². The van der Waals surface area contributed by atoms with Gasteiger partial charge in [0, 0.05) is 12.0 Å². The van der Waals surface area contributed by atoms with Gasteiger partial charge in [-0.3, -0.25) is 0 Å². The second kappa shape index (κ2) is 3.94. The Morgan fingerprint density at radius 2 is 2.07 bits per heavy atom. The highest BCUT2D eigenvalue weighted by atomic mass is 32.2. The molecule has 0 aliphatic heterocycles. The number of H-pyrrole nitrogens is 1. The number of sulfonamides is 1. The third-order valence-corrected chi connectivity index (χ3v) is 3.34. The molecule has 1 rings (SSSR count). The molecule has 0 aliphatic carbocycles. The van der Waals surface area contributed by atoms with Crippen molar-refractivity contribution in [3.8, 4) is 0 Å². The Balaban J connectivity index is 2.96. The van der Waals surface area contributed by atoms with Crippen LogP contribution in [-0.4, -0.2) is 23.9 Å². The molecule has 0 atom stereocenters. The minimum Gasteiger partial charge on any atom is -0.332 e. The van der Waals surface area contributed by atoms with Crippen molar-refractivity contribution in [1.82, 2.24) is 14.7 Å². The van der Waals surface area contributed by atoms with Gasteiger partial charge in [-0.05, 0) is 20.8 Å². The van der Waals surface area contributed by atoms with Gasteiger partial charge in [-0.1, -0.05) is 6.92 Å². The lowest BCUT2D eigenvalue weighted by Gasteiger charge is -2.19. The monoisotopic (exact) mass is 231 g/mol. The molecule has 0 aromatic carbocycles. The molecule has 5 nitrogen and oxygen atoms in total. The van der Waals surface area contributed by atoms with Gasteiger partial charge in [0.1, 0.15) is 5.82 Å². The fraction of sp³-hybridized carbons (Fsp3) is 0.667. The Morgan fingerprint density at radius 3 is 2.47 bits per heavy atom. The van der Waals surface area contributed by atoms with Crippen LogP contribution in [0.25, 0.3) is 0 Å². The lowest BCUT2D eigenvalue weighted by atomic mass is 10.1. The SMILES string of the molecule is CCc1ncc(S(=O)(=O)NC(C)(C)C)[nH]1. The van der Waals surface area contributed by atoms with E-state index in [0.717, 1.165) is 0 Å². The van der Waals surface area contributed by atoms with Crippen LogP contribution in [0.5, 0.6) is 0 Å². The van der Waals surface area contributed by atoms with Gasteiger partial charge < -0.3 is 4.98 Å². The molecule has 0 saturated carbocycles. The van der Waals surface area contributed by atoms with E-state index in [9.17, 15) is 8.42 Å². The van der Waals surface area contributed by atoms with Crippen LogP contribution in [-0.2, 0) is 16.4 Å². The van der Waals surface area contributed by atoms with Crippen molar-refractivity contribution in [2.24, 2.45) is 0 Å². The predicted molar refractivity (Wildman–Crippen MR) is 58.0 cm³/mol. The van der Waals surface area contributed by atoms with Crippen molar-refractivity contribution < 1.29 is 8.42 Å². The molecule has 0 aliphatic rings. The van der Waals surface area contributed by atoms with Crippen LogP contribution >= 0.6 is 0 Å². The van der Waals surface area contributed by atoms with Gasteiger partial charge >= 0.3 is 0 Å². The van der Waals surface area contributed by atoms with E-state index in [1.165, 1.54) is 6.20 Å². The molecular formula is C9H17N3O2S. The van der Waals surface area contributed by atoms with Crippen molar-refractivity contribution in [1.29, 1.82) is 0 Å². The van der Waals surface area contributed by atoms with Gasteiger partial charge in [0.25, 0.3) is 10.0 Å². The molecule has 6 heteroatoms. The van der Waals surface area contributed by atoms with E-state index in [4.69, 9.17) is 0 Å². The first-order chi connectivity index (χ1) is 6.74. The molecule has 1 aromatic rings. The zero-order valence-corrected chi connectivity index (χ0v) is 10.3. The Bertz CT molecular complexity index is 428. The minimum atomic E-state index is -3.48. The number of imidazole rings is 1. The Hall–Kier alpha value is -0.880. The van der Waals surface area contributed by atoms with E-state index in [2.05, 4.69) is 14.7 Å². The first-order valence-corrected chi connectivity index (χ1v) is 6.31. The number of aromatic nitrogens is 2. The zero-order chi connectivity index (χ0) is 11.7. The summed E-state index contributed by atoms with van der Waals surface area (Å²) < 4.78 is 26.1. The molecule has 0 unspecified atom stereocenters. The highest BCUT2D eigenvalue weighted by molar-refractivity contribution is 7.89. The Labute approximate surface area is 90.4 Å². The smallest absolute Gasteiger partial charge is 0.258 e. The summed E-state index contributed by atoms with van der Waals surface area (Å²) in [4.78, 5) is 6.72. The summed E-state index contributed by atoms with van der Waals surface area (Å²) in [5.41, 5.74) is -0.490. The third kappa shape index (κ3) is 3.32. The molecule has 0 fully saturated rings. The van der Waals surface area contributed by atoms with Gasteiger partial charge in [0.05, 0.1) is 6.20 Å². The molecule has 1 aromatic heterocycles. The summed E-state index contributed by atoms with van der Waals surface area (Å²) in [7, 11) is -3.48. The maximum Gasteiger partial charge on any atom is 0.258 e. The summed E-state index contributed by atoms with van der Waals surface area (Å²) in [5, 5.41) is 0.120. The van der Waals surface area contributed by atoms with Gasteiger partial charge in [-0.15, -0.1) is 0 Å². The molecule has 1 heterocycles. The normalized spacial score (nSPS) is 13.1. The summed E-state index contributed by atoms with van der Waals surface area (Å²) in [6.07, 6.45) is 2.03. The van der Waals surface area contributed by atoms with Crippen LogP contribution in [0.2, 0.25) is 0 Å². The largest absolute Gasteiger partial charge is 0.332 e. The topological polar surface area (TPSA) is 74.8 Å². The molecule has 0 bridgehead atoms. The number of hydrogen-bond acceptors (Lipinski definition) is 3. The van der Waals surface area contributed by atoms with Crippen molar-refractivity contribution in [2.45, 2.75) is 44.7 Å². The first kappa shape index (κ1) is 12.2. The van der Waals surface area contributed by atoms with Crippen LogP contribution in [0.1, 0.15) is 33.5 Å². The lowest BCUT2D eigenvalue weighted by Crippen LogP contribution is -2.40. The molecule has 0 radical (unpaired) electrons. The number of rotatable bonds is 3. The summed E-state index contributed by atoms with van der Waals surface area (Å²) >= 11 is 0. The summed E-state index contributed by atoms with van der Waals surface area (Å²) in [5.74, 6) is 0.671. The average molecular weight is 231 g/mol. The molecule has 86 valence electrons. The maximum absolute atomic E-state index is 11.8. The van der Waals surface area contributed by atoms with Crippen LogP contribution in [0.15, 0.2) is 11.2 Å². The fourth-order valence-corrected chi connectivity index (χ4v) is 2.48. The van der Waals surface area contributed by atoms with Gasteiger partial charge in [0.15, 0.2) is 5.03 Å². The van der Waals surface area contributed by atoms with Crippen LogP contribution in [0.4, 0.5) is 0 Å². The Morgan fingerprint density at radius 1 is 1.47 bits per heavy atom. The second-order valence-corrected chi connectivity index (χ2v) is 6.05. The van der Waals surface area contributed by atoms with Crippen molar-refractivity contribution >= 4 is 10.0 Å². The van der Waals surface area contributed by atoms with Crippen LogP contribution < -0.4 is 4.72 Å². The maximum atomic E-state index is 11.8. The number of nitrogens with zero attached hydrogens (tertiary/aromatic N) is 1. The Kier molecular flexibility index (Phi) is 3.20. The van der Waals surface area contributed by atoms with E-state index in [1.54, 1.807) is 20.8 Å². The predicted octanol–water partition coefficient (Wildman–Crippen LogP) is 1.05. The third-order valence-electron chi connectivity index (χ3n) is 1.67. The van der Waals surface area contributed by atoms with Gasteiger partial charge in [-0.25, -0.2) is 18.1 Å². The van der Waals surface area contributed by atoms with E-state index < -0.39 is 15.6 Å². The van der Waals surface area contributed by atoms with Gasteiger partial charge in [0.2, 0.25) is 0 Å². The standard InChI is InChI=1S/C9H17N3O2S/c1-5-7-10-6-8(11-7)15(13,14)12-9(2,3)4/h6,12H,5H2,1-4H3,(H,10,11). The van der Waals surface area contributed by atoms with E-state index in [-0.39, 0.29) is 5.03 Å². The molecule has 2 N–H and O–H groups in total. The summed E-state index contributed by atoms with van der Waals surface area (Å²) in [6.45, 7) is 7.29. The molecule has 0 spiro atoms. The molecule has 0 amide bonds. The average Bonchev–Trinajstić information content (AvgIpc) is 2.47. The molecule has 0 saturated heterocycles. The van der Waals surface area contributed by atoms with E-state index in [0.29, 0.717) is 12.2 Å². The van der Waals surface area contributed by atoms with E-state index >= 15 is 0 Å². The van der Waals surface area contributed by atoms with Crippen molar-refractivity contribution in [3.63, 3.8) is 0 Å². The highest BCUT2D eigenvalue weighted by Crippen LogP contribution is 2.10. The number of aryl methyl sites for hydroxylation is 1. The van der Waals surface area contributed by atoms with Crippen LogP contribution in [0.3, 0.4) is 0 Å². The number of aromatic amines is 1. The van der Waals surface area contributed by atoms with Crippen molar-refractivity contribution in [2.75, 3.05) is 0 Å². The van der Waals surface area contributed by atoms with Gasteiger partial charge in [-0.2, -0.15) is 0 Å².